The maximum atomic E-state index is 9.59. The van der Waals surface area contributed by atoms with Crippen molar-refractivity contribution in [3.05, 3.63) is 169 Å². The molecule has 0 radical (unpaired) electrons. The average Bonchev–Trinajstić information content (AvgIpc) is 3.19. The van der Waals surface area contributed by atoms with Gasteiger partial charge >= 0.3 is 0 Å². The molecule has 0 fully saturated rings. The first-order valence-corrected chi connectivity index (χ1v) is 16.8. The van der Waals surface area contributed by atoms with E-state index in [1.165, 1.54) is 75.8 Å². The average molecular weight is 631 g/mol. The van der Waals surface area contributed by atoms with Crippen LogP contribution in [0.1, 0.15) is 11.1 Å². The molecule has 2 heteroatoms. The van der Waals surface area contributed by atoms with Gasteiger partial charge in [-0.25, -0.2) is 0 Å². The van der Waals surface area contributed by atoms with Gasteiger partial charge in [-0.05, 0) is 134 Å². The van der Waals surface area contributed by atoms with Crippen LogP contribution in [0.5, 0.6) is 0 Å². The number of nitriles is 2. The second-order valence-electron chi connectivity index (χ2n) is 13.1. The highest BCUT2D eigenvalue weighted by Gasteiger charge is 2.20. The standard InChI is InChI=1S/C48H26N2/c49-27-29-9-13-32(14-10-29)36-21-19-34-20-22-41-43(33-15-11-30(28-50)12-16-33)26-45(42-24-23-40(36)47(34)48(41)42)44-25-35-18-17-31-5-1-2-6-37(31)46(35)39-8-4-3-7-38(39)44/h1-26H. The fourth-order valence-electron chi connectivity index (χ4n) is 8.16. The zero-order valence-electron chi connectivity index (χ0n) is 26.9. The molecule has 0 aromatic heterocycles. The van der Waals surface area contributed by atoms with Gasteiger partial charge in [-0.3, -0.25) is 0 Å². The van der Waals surface area contributed by atoms with Gasteiger partial charge in [0.15, 0.2) is 0 Å². The lowest BCUT2D eigenvalue weighted by Gasteiger charge is -2.21. The molecule has 10 rings (SSSR count). The highest BCUT2D eigenvalue weighted by atomic mass is 14.3. The summed E-state index contributed by atoms with van der Waals surface area (Å²) in [4.78, 5) is 0. The summed E-state index contributed by atoms with van der Waals surface area (Å²) < 4.78 is 0. The number of hydrogen-bond acceptors (Lipinski definition) is 2. The van der Waals surface area contributed by atoms with Crippen LogP contribution in [0.15, 0.2) is 158 Å². The molecule has 228 valence electrons. The van der Waals surface area contributed by atoms with E-state index in [1.54, 1.807) is 0 Å². The van der Waals surface area contributed by atoms with Gasteiger partial charge in [0, 0.05) is 0 Å². The Bertz CT molecular complexity index is 3080. The van der Waals surface area contributed by atoms with Crippen molar-refractivity contribution in [1.82, 2.24) is 0 Å². The lowest BCUT2D eigenvalue weighted by atomic mass is 9.82. The smallest absolute Gasteiger partial charge is 0.0991 e. The van der Waals surface area contributed by atoms with E-state index in [9.17, 15) is 10.5 Å². The van der Waals surface area contributed by atoms with Crippen LogP contribution in [0.25, 0.3) is 98.0 Å². The Morgan fingerprint density at radius 1 is 0.300 bits per heavy atom. The third kappa shape index (κ3) is 4.07. The molecule has 0 atom stereocenters. The van der Waals surface area contributed by atoms with E-state index in [1.807, 2.05) is 36.4 Å². The van der Waals surface area contributed by atoms with Crippen molar-refractivity contribution in [2.45, 2.75) is 0 Å². The van der Waals surface area contributed by atoms with E-state index < -0.39 is 0 Å². The van der Waals surface area contributed by atoms with Gasteiger partial charge in [-0.15, -0.1) is 0 Å². The number of nitrogens with zero attached hydrogens (tertiary/aromatic N) is 2. The van der Waals surface area contributed by atoms with Gasteiger partial charge in [0.1, 0.15) is 0 Å². The molecular weight excluding hydrogens is 605 g/mol. The summed E-state index contributed by atoms with van der Waals surface area (Å²) in [6, 6.07) is 60.5. The predicted octanol–water partition coefficient (Wildman–Crippen LogP) is 12.8. The molecule has 10 aromatic rings. The third-order valence-electron chi connectivity index (χ3n) is 10.5. The number of hydrogen-bond donors (Lipinski definition) is 0. The quantitative estimate of drug-likeness (QED) is 0.182. The Balaban J connectivity index is 1.35. The summed E-state index contributed by atoms with van der Waals surface area (Å²) in [6.45, 7) is 0. The number of benzene rings is 10. The van der Waals surface area contributed by atoms with Crippen LogP contribution in [0, 0.1) is 22.7 Å². The summed E-state index contributed by atoms with van der Waals surface area (Å²) in [6.07, 6.45) is 0. The Labute approximate surface area is 288 Å². The maximum Gasteiger partial charge on any atom is 0.0991 e. The van der Waals surface area contributed by atoms with Gasteiger partial charge in [0.05, 0.1) is 23.3 Å². The molecule has 0 spiro atoms. The largest absolute Gasteiger partial charge is 0.192 e. The fourth-order valence-corrected chi connectivity index (χ4v) is 8.16. The molecule has 0 unspecified atom stereocenters. The summed E-state index contributed by atoms with van der Waals surface area (Å²) in [5, 5.41) is 33.7. The molecule has 0 bridgehead atoms. The van der Waals surface area contributed by atoms with Crippen LogP contribution in [0.3, 0.4) is 0 Å². The minimum Gasteiger partial charge on any atom is -0.192 e. The van der Waals surface area contributed by atoms with Crippen LogP contribution in [-0.2, 0) is 0 Å². The highest BCUT2D eigenvalue weighted by molar-refractivity contribution is 6.31. The Morgan fingerprint density at radius 3 is 1.54 bits per heavy atom. The lowest BCUT2D eigenvalue weighted by Crippen LogP contribution is -1.93. The fraction of sp³-hybridized carbons (Fsp3) is 0. The summed E-state index contributed by atoms with van der Waals surface area (Å²) >= 11 is 0. The maximum absolute atomic E-state index is 9.59. The van der Waals surface area contributed by atoms with Crippen molar-refractivity contribution in [1.29, 1.82) is 10.5 Å². The summed E-state index contributed by atoms with van der Waals surface area (Å²) in [7, 11) is 0. The van der Waals surface area contributed by atoms with Gasteiger partial charge in [0.25, 0.3) is 0 Å². The third-order valence-corrected chi connectivity index (χ3v) is 10.5. The van der Waals surface area contributed by atoms with Crippen LogP contribution < -0.4 is 0 Å². The van der Waals surface area contributed by atoms with Crippen molar-refractivity contribution in [2.24, 2.45) is 0 Å². The van der Waals surface area contributed by atoms with Crippen LogP contribution in [0.2, 0.25) is 0 Å². The van der Waals surface area contributed by atoms with Crippen molar-refractivity contribution >= 4 is 64.6 Å². The van der Waals surface area contributed by atoms with E-state index in [-0.39, 0.29) is 0 Å². The molecule has 0 amide bonds. The van der Waals surface area contributed by atoms with Gasteiger partial charge in [0.2, 0.25) is 0 Å². The summed E-state index contributed by atoms with van der Waals surface area (Å²) in [5.74, 6) is 0. The van der Waals surface area contributed by atoms with Crippen LogP contribution >= 0.6 is 0 Å². The molecule has 0 saturated carbocycles. The molecule has 0 aliphatic rings. The number of fused-ring (bicyclic) bond motifs is 5. The first-order valence-electron chi connectivity index (χ1n) is 16.8. The first kappa shape index (κ1) is 28.1. The van der Waals surface area contributed by atoms with Gasteiger partial charge < -0.3 is 0 Å². The molecule has 0 aliphatic heterocycles. The van der Waals surface area contributed by atoms with Crippen LogP contribution in [0.4, 0.5) is 0 Å². The Kier molecular flexibility index (Phi) is 6.04. The minimum atomic E-state index is 0.645. The molecule has 2 nitrogen and oxygen atoms in total. The van der Waals surface area contributed by atoms with Crippen LogP contribution in [-0.4, -0.2) is 0 Å². The zero-order valence-corrected chi connectivity index (χ0v) is 26.9. The Hall–Kier alpha value is -7.00. The van der Waals surface area contributed by atoms with E-state index in [4.69, 9.17) is 0 Å². The summed E-state index contributed by atoms with van der Waals surface area (Å²) in [5.41, 5.74) is 8.12. The molecule has 50 heavy (non-hydrogen) atoms. The van der Waals surface area contributed by atoms with E-state index in [2.05, 4.69) is 133 Å². The monoisotopic (exact) mass is 630 g/mol. The molecule has 0 saturated heterocycles. The Morgan fingerprint density at radius 2 is 0.820 bits per heavy atom. The minimum absolute atomic E-state index is 0.645. The molecule has 0 heterocycles. The molecule has 0 aliphatic carbocycles. The van der Waals surface area contributed by atoms with Gasteiger partial charge in [-0.2, -0.15) is 10.5 Å². The van der Waals surface area contributed by atoms with Gasteiger partial charge in [-0.1, -0.05) is 121 Å². The highest BCUT2D eigenvalue weighted by Crippen LogP contribution is 2.48. The predicted molar refractivity (Wildman–Crippen MR) is 208 cm³/mol. The molecule has 0 N–H and O–H groups in total. The van der Waals surface area contributed by atoms with E-state index >= 15 is 0 Å². The SMILES string of the molecule is N#Cc1ccc(-c2ccc3ccc4c(-c5ccc(C#N)cc5)cc(-c5cc6ccc7ccccc7c6c6ccccc56)c5ccc2c3c45)cc1. The lowest BCUT2D eigenvalue weighted by molar-refractivity contribution is 1.48. The molecular formula is C48H26N2. The van der Waals surface area contributed by atoms with Crippen molar-refractivity contribution < 1.29 is 0 Å². The number of rotatable bonds is 3. The normalized spacial score (nSPS) is 11.6. The van der Waals surface area contributed by atoms with E-state index in [0.29, 0.717) is 11.1 Å². The van der Waals surface area contributed by atoms with E-state index in [0.717, 1.165) is 22.3 Å². The second-order valence-corrected chi connectivity index (χ2v) is 13.1. The van der Waals surface area contributed by atoms with Crippen molar-refractivity contribution in [3.63, 3.8) is 0 Å². The topological polar surface area (TPSA) is 47.6 Å². The zero-order chi connectivity index (χ0) is 33.3. The second kappa shape index (κ2) is 10.8. The van der Waals surface area contributed by atoms with Crippen molar-refractivity contribution in [3.8, 4) is 45.5 Å². The first-order chi connectivity index (χ1) is 24.7. The molecule has 10 aromatic carbocycles. The van der Waals surface area contributed by atoms with Crippen molar-refractivity contribution in [2.75, 3.05) is 0 Å².